The molecule has 1 aliphatic rings. The van der Waals surface area contributed by atoms with E-state index in [1.54, 1.807) is 0 Å². The number of anilines is 1. The fourth-order valence-electron chi connectivity index (χ4n) is 3.73. The molecule has 142 valence electrons. The summed E-state index contributed by atoms with van der Waals surface area (Å²) in [4.78, 5) is 23.6. The van der Waals surface area contributed by atoms with Crippen LogP contribution in [0.5, 0.6) is 0 Å². The highest BCUT2D eigenvalue weighted by Crippen LogP contribution is 2.26. The first-order valence-electron chi connectivity index (χ1n) is 9.82. The van der Waals surface area contributed by atoms with Gasteiger partial charge < -0.3 is 10.6 Å². The van der Waals surface area contributed by atoms with Crippen LogP contribution in [0, 0.1) is 0 Å². The van der Waals surface area contributed by atoms with Crippen molar-refractivity contribution in [2.24, 2.45) is 0 Å². The molecule has 2 amide bonds. The number of hydrogen-bond donors (Lipinski definition) is 2. The fraction of sp³-hybridized carbons (Fsp3) is 0.391. The van der Waals surface area contributed by atoms with Crippen LogP contribution in [0.3, 0.4) is 0 Å². The van der Waals surface area contributed by atoms with Crippen molar-refractivity contribution in [3.8, 4) is 0 Å². The summed E-state index contributed by atoms with van der Waals surface area (Å²) in [7, 11) is 0. The van der Waals surface area contributed by atoms with E-state index in [2.05, 4.69) is 35.8 Å². The Morgan fingerprint density at radius 2 is 1.70 bits per heavy atom. The van der Waals surface area contributed by atoms with Gasteiger partial charge >= 0.3 is 0 Å². The Balaban J connectivity index is 1.62. The van der Waals surface area contributed by atoms with E-state index in [1.807, 2.05) is 24.3 Å². The highest BCUT2D eigenvalue weighted by molar-refractivity contribution is 5.88. The third-order valence-electron chi connectivity index (χ3n) is 5.16. The van der Waals surface area contributed by atoms with Crippen molar-refractivity contribution in [2.45, 2.75) is 58.4 Å². The molecule has 4 heteroatoms. The summed E-state index contributed by atoms with van der Waals surface area (Å²) in [5.74, 6) is -0.0804. The molecular weight excluding hydrogens is 336 g/mol. The number of rotatable bonds is 6. The quantitative estimate of drug-likeness (QED) is 0.801. The summed E-state index contributed by atoms with van der Waals surface area (Å²) >= 11 is 0. The van der Waals surface area contributed by atoms with Crippen LogP contribution in [0.1, 0.15) is 61.4 Å². The summed E-state index contributed by atoms with van der Waals surface area (Å²) in [5.41, 5.74) is 5.78. The number of amides is 2. The molecule has 0 bridgehead atoms. The Morgan fingerprint density at radius 3 is 2.37 bits per heavy atom. The van der Waals surface area contributed by atoms with E-state index >= 15 is 0 Å². The Morgan fingerprint density at radius 1 is 1.00 bits per heavy atom. The number of hydrogen-bond acceptors (Lipinski definition) is 2. The van der Waals surface area contributed by atoms with Gasteiger partial charge in [0.15, 0.2) is 0 Å². The largest absolute Gasteiger partial charge is 0.349 e. The average molecular weight is 364 g/mol. The molecule has 2 aromatic carbocycles. The van der Waals surface area contributed by atoms with Gasteiger partial charge in [-0.1, -0.05) is 37.3 Å². The van der Waals surface area contributed by atoms with Gasteiger partial charge in [0, 0.05) is 12.6 Å². The van der Waals surface area contributed by atoms with Crippen molar-refractivity contribution in [3.05, 3.63) is 64.7 Å². The van der Waals surface area contributed by atoms with Crippen LogP contribution < -0.4 is 10.6 Å². The molecule has 2 N–H and O–H groups in total. The maximum atomic E-state index is 12.5. The lowest BCUT2D eigenvalue weighted by molar-refractivity contribution is -0.121. The predicted molar refractivity (Wildman–Crippen MR) is 109 cm³/mol. The minimum atomic E-state index is -0.101. The molecule has 1 atom stereocenters. The Hall–Kier alpha value is -2.62. The molecule has 1 unspecified atom stereocenters. The molecule has 0 fully saturated rings. The maximum Gasteiger partial charge on any atom is 0.224 e. The van der Waals surface area contributed by atoms with Gasteiger partial charge in [0.25, 0.3) is 0 Å². The van der Waals surface area contributed by atoms with E-state index in [1.165, 1.54) is 42.9 Å². The number of aryl methyl sites for hydroxylation is 2. The second-order valence-corrected chi connectivity index (χ2v) is 7.32. The average Bonchev–Trinajstić information content (AvgIpc) is 2.67. The van der Waals surface area contributed by atoms with E-state index in [-0.39, 0.29) is 17.9 Å². The van der Waals surface area contributed by atoms with Crippen LogP contribution >= 0.6 is 0 Å². The lowest BCUT2D eigenvalue weighted by atomic mass is 9.88. The lowest BCUT2D eigenvalue weighted by Crippen LogP contribution is -2.29. The van der Waals surface area contributed by atoms with E-state index in [9.17, 15) is 9.59 Å². The van der Waals surface area contributed by atoms with Crippen molar-refractivity contribution in [1.29, 1.82) is 0 Å². The van der Waals surface area contributed by atoms with Gasteiger partial charge in [-0.05, 0) is 66.5 Å². The van der Waals surface area contributed by atoms with E-state index in [4.69, 9.17) is 0 Å². The first-order chi connectivity index (χ1) is 13.0. The first-order valence-corrected chi connectivity index (χ1v) is 9.82. The molecule has 0 radical (unpaired) electrons. The predicted octanol–water partition coefficient (Wildman–Crippen LogP) is 4.33. The van der Waals surface area contributed by atoms with Crippen LogP contribution in [-0.2, 0) is 28.9 Å². The van der Waals surface area contributed by atoms with Crippen molar-refractivity contribution in [3.63, 3.8) is 0 Å². The number of carbonyl (C=O) groups is 2. The van der Waals surface area contributed by atoms with Gasteiger partial charge in [-0.2, -0.15) is 0 Å². The standard InChI is InChI=1S/C23H28N2O2/c1-3-22(20-11-10-18-6-4-5-7-19(18)15-20)25-23(27)14-17-8-12-21(13-9-17)24-16(2)26/h8-13,15,22H,3-7,14H2,1-2H3,(H,24,26)(H,25,27). The van der Waals surface area contributed by atoms with E-state index < -0.39 is 0 Å². The summed E-state index contributed by atoms with van der Waals surface area (Å²) in [6.45, 7) is 3.58. The molecule has 27 heavy (non-hydrogen) atoms. The summed E-state index contributed by atoms with van der Waals surface area (Å²) in [5, 5.41) is 5.91. The molecule has 4 nitrogen and oxygen atoms in total. The van der Waals surface area contributed by atoms with Crippen LogP contribution in [0.4, 0.5) is 5.69 Å². The molecule has 1 aliphatic carbocycles. The summed E-state index contributed by atoms with van der Waals surface area (Å²) < 4.78 is 0. The van der Waals surface area contributed by atoms with Gasteiger partial charge in [0.2, 0.25) is 11.8 Å². The topological polar surface area (TPSA) is 58.2 Å². The van der Waals surface area contributed by atoms with Gasteiger partial charge in [-0.3, -0.25) is 9.59 Å². The second kappa shape index (κ2) is 8.85. The molecule has 0 heterocycles. The lowest BCUT2D eigenvalue weighted by Gasteiger charge is -2.22. The minimum absolute atomic E-state index is 0.0202. The summed E-state index contributed by atoms with van der Waals surface area (Å²) in [6.07, 6.45) is 6.06. The second-order valence-electron chi connectivity index (χ2n) is 7.32. The van der Waals surface area contributed by atoms with Crippen molar-refractivity contribution < 1.29 is 9.59 Å². The normalized spacial score (nSPS) is 14.1. The molecule has 0 aromatic heterocycles. The zero-order valence-corrected chi connectivity index (χ0v) is 16.2. The Bertz CT molecular complexity index is 812. The highest BCUT2D eigenvalue weighted by Gasteiger charge is 2.16. The number of benzene rings is 2. The van der Waals surface area contributed by atoms with Crippen molar-refractivity contribution in [1.82, 2.24) is 5.32 Å². The third-order valence-corrected chi connectivity index (χ3v) is 5.16. The monoisotopic (exact) mass is 364 g/mol. The minimum Gasteiger partial charge on any atom is -0.349 e. The maximum absolute atomic E-state index is 12.5. The molecule has 0 aliphatic heterocycles. The molecule has 0 saturated carbocycles. The number of carbonyl (C=O) groups excluding carboxylic acids is 2. The fourth-order valence-corrected chi connectivity index (χ4v) is 3.73. The van der Waals surface area contributed by atoms with E-state index in [0.717, 1.165) is 24.1 Å². The van der Waals surface area contributed by atoms with Gasteiger partial charge in [0.05, 0.1) is 12.5 Å². The van der Waals surface area contributed by atoms with Crippen LogP contribution in [0.25, 0.3) is 0 Å². The Labute approximate surface area is 161 Å². The van der Waals surface area contributed by atoms with Gasteiger partial charge in [-0.25, -0.2) is 0 Å². The molecule has 0 spiro atoms. The Kier molecular flexibility index (Phi) is 6.28. The van der Waals surface area contributed by atoms with Gasteiger partial charge in [-0.15, -0.1) is 0 Å². The number of nitrogens with one attached hydrogen (secondary N) is 2. The molecule has 3 rings (SSSR count). The molecular formula is C23H28N2O2. The SMILES string of the molecule is CCC(NC(=O)Cc1ccc(NC(C)=O)cc1)c1ccc2c(c1)CCCC2. The van der Waals surface area contributed by atoms with Gasteiger partial charge in [0.1, 0.15) is 0 Å². The zero-order valence-electron chi connectivity index (χ0n) is 16.2. The zero-order chi connectivity index (χ0) is 19.2. The molecule has 0 saturated heterocycles. The van der Waals surface area contributed by atoms with Crippen LogP contribution in [0.15, 0.2) is 42.5 Å². The highest BCUT2D eigenvalue weighted by atomic mass is 16.2. The van der Waals surface area contributed by atoms with Crippen molar-refractivity contribution in [2.75, 3.05) is 5.32 Å². The first kappa shape index (κ1) is 19.2. The molecule has 2 aromatic rings. The van der Waals surface area contributed by atoms with Crippen molar-refractivity contribution >= 4 is 17.5 Å². The smallest absolute Gasteiger partial charge is 0.224 e. The van der Waals surface area contributed by atoms with Crippen LogP contribution in [-0.4, -0.2) is 11.8 Å². The summed E-state index contributed by atoms with van der Waals surface area (Å²) in [6, 6.07) is 14.1. The third kappa shape index (κ3) is 5.19. The number of fused-ring (bicyclic) bond motifs is 1. The van der Waals surface area contributed by atoms with Crippen LogP contribution in [0.2, 0.25) is 0 Å². The van der Waals surface area contributed by atoms with E-state index in [0.29, 0.717) is 6.42 Å².